The fraction of sp³-hybridized carbons (Fsp3) is 0.333. The predicted molar refractivity (Wildman–Crippen MR) is 103 cm³/mol. The molecule has 7 heteroatoms. The molecule has 0 saturated heterocycles. The van der Waals surface area contributed by atoms with E-state index in [2.05, 4.69) is 0 Å². The minimum Gasteiger partial charge on any atom is -0.493 e. The number of hydrogen-bond acceptors (Lipinski definition) is 6. The van der Waals surface area contributed by atoms with Crippen molar-refractivity contribution >= 4 is 5.97 Å². The first kappa shape index (κ1) is 19.5. The summed E-state index contributed by atoms with van der Waals surface area (Å²) in [5.41, 5.74) is 2.31. The van der Waals surface area contributed by atoms with Crippen molar-refractivity contribution in [3.63, 3.8) is 0 Å². The van der Waals surface area contributed by atoms with Crippen LogP contribution in [0.15, 0.2) is 29.1 Å². The number of methoxy groups -OCH3 is 4. The summed E-state index contributed by atoms with van der Waals surface area (Å²) in [6.45, 7) is 0. The summed E-state index contributed by atoms with van der Waals surface area (Å²) >= 11 is 0. The van der Waals surface area contributed by atoms with E-state index in [4.69, 9.17) is 18.9 Å². The van der Waals surface area contributed by atoms with Crippen LogP contribution < -0.4 is 24.4 Å². The summed E-state index contributed by atoms with van der Waals surface area (Å²) < 4.78 is 21.7. The zero-order valence-corrected chi connectivity index (χ0v) is 16.2. The van der Waals surface area contributed by atoms with Gasteiger partial charge in [-0.05, 0) is 53.8 Å². The van der Waals surface area contributed by atoms with Crippen LogP contribution in [0.2, 0.25) is 0 Å². The van der Waals surface area contributed by atoms with Crippen LogP contribution in [-0.2, 0) is 11.2 Å². The molecule has 1 aliphatic rings. The van der Waals surface area contributed by atoms with E-state index < -0.39 is 11.9 Å². The standard InChI is InChI=1S/C21H22O7/c1-25-16-10-14-12(7-8-15(16)22)18-11(5-6-13(14)21(23)24)9-17(26-2)19(27-3)20(18)28-4/h7-10,13H,5-6H2,1-4H3,(H,23,24)/t13-/m0/s1. The lowest BCUT2D eigenvalue weighted by Crippen LogP contribution is -2.12. The Morgan fingerprint density at radius 3 is 2.21 bits per heavy atom. The van der Waals surface area contributed by atoms with E-state index in [-0.39, 0.29) is 11.2 Å². The van der Waals surface area contributed by atoms with Gasteiger partial charge in [-0.3, -0.25) is 9.59 Å². The van der Waals surface area contributed by atoms with Gasteiger partial charge in [0.1, 0.15) is 0 Å². The van der Waals surface area contributed by atoms with Gasteiger partial charge in [0.2, 0.25) is 11.2 Å². The van der Waals surface area contributed by atoms with Crippen molar-refractivity contribution in [1.82, 2.24) is 0 Å². The highest BCUT2D eigenvalue weighted by Crippen LogP contribution is 2.50. The van der Waals surface area contributed by atoms with E-state index in [1.165, 1.54) is 40.6 Å². The highest BCUT2D eigenvalue weighted by molar-refractivity contribution is 5.87. The fourth-order valence-electron chi connectivity index (χ4n) is 3.71. The van der Waals surface area contributed by atoms with Gasteiger partial charge < -0.3 is 24.1 Å². The van der Waals surface area contributed by atoms with Crippen molar-refractivity contribution in [3.8, 4) is 34.1 Å². The highest BCUT2D eigenvalue weighted by atomic mass is 16.5. The van der Waals surface area contributed by atoms with Crippen LogP contribution in [0.5, 0.6) is 23.0 Å². The summed E-state index contributed by atoms with van der Waals surface area (Å²) in [5, 5.41) is 9.83. The van der Waals surface area contributed by atoms with Crippen molar-refractivity contribution in [2.75, 3.05) is 28.4 Å². The van der Waals surface area contributed by atoms with Gasteiger partial charge in [0.15, 0.2) is 17.2 Å². The second kappa shape index (κ2) is 7.80. The van der Waals surface area contributed by atoms with Crippen molar-refractivity contribution in [2.45, 2.75) is 18.8 Å². The molecule has 2 aromatic carbocycles. The molecule has 1 atom stereocenters. The smallest absolute Gasteiger partial charge is 0.311 e. The first-order valence-electron chi connectivity index (χ1n) is 8.74. The van der Waals surface area contributed by atoms with Crippen LogP contribution in [0, 0.1) is 0 Å². The minimum atomic E-state index is -0.965. The maximum atomic E-state index is 12.3. The monoisotopic (exact) mass is 386 g/mol. The number of aryl methyl sites for hydroxylation is 1. The Morgan fingerprint density at radius 1 is 0.964 bits per heavy atom. The molecule has 28 heavy (non-hydrogen) atoms. The second-order valence-corrected chi connectivity index (χ2v) is 6.39. The molecule has 1 aliphatic carbocycles. The van der Waals surface area contributed by atoms with E-state index in [9.17, 15) is 14.7 Å². The van der Waals surface area contributed by atoms with Gasteiger partial charge >= 0.3 is 5.97 Å². The Morgan fingerprint density at radius 2 is 1.64 bits per heavy atom. The molecule has 148 valence electrons. The lowest BCUT2D eigenvalue weighted by molar-refractivity contribution is -0.138. The zero-order chi connectivity index (χ0) is 20.4. The van der Waals surface area contributed by atoms with E-state index in [0.717, 1.165) is 5.56 Å². The van der Waals surface area contributed by atoms with Crippen LogP contribution in [0.4, 0.5) is 0 Å². The van der Waals surface area contributed by atoms with Gasteiger partial charge in [0, 0.05) is 5.56 Å². The van der Waals surface area contributed by atoms with Crippen molar-refractivity contribution in [1.29, 1.82) is 0 Å². The molecule has 0 aromatic heterocycles. The van der Waals surface area contributed by atoms with Gasteiger partial charge in [0.05, 0.1) is 34.4 Å². The molecule has 2 aromatic rings. The van der Waals surface area contributed by atoms with Gasteiger partial charge in [-0.25, -0.2) is 0 Å². The number of hydrogen-bond donors (Lipinski definition) is 1. The van der Waals surface area contributed by atoms with Gasteiger partial charge in [0.25, 0.3) is 0 Å². The van der Waals surface area contributed by atoms with Crippen molar-refractivity contribution in [2.24, 2.45) is 0 Å². The SMILES string of the molecule is COc1cc2c(c(OC)c1OC)-c1ccc(=O)c(OC)cc1[C@@H](C(=O)O)CC2. The topological polar surface area (TPSA) is 91.3 Å². The van der Waals surface area contributed by atoms with Gasteiger partial charge in [-0.15, -0.1) is 0 Å². The summed E-state index contributed by atoms with van der Waals surface area (Å²) in [4.78, 5) is 24.3. The van der Waals surface area contributed by atoms with E-state index in [1.54, 1.807) is 6.07 Å². The lowest BCUT2D eigenvalue weighted by Gasteiger charge is -2.19. The second-order valence-electron chi connectivity index (χ2n) is 6.39. The Labute approximate surface area is 162 Å². The molecule has 0 heterocycles. The van der Waals surface area contributed by atoms with Crippen LogP contribution in [-0.4, -0.2) is 39.5 Å². The molecule has 0 saturated carbocycles. The highest BCUT2D eigenvalue weighted by Gasteiger charge is 2.32. The van der Waals surface area contributed by atoms with E-state index in [0.29, 0.717) is 46.8 Å². The van der Waals surface area contributed by atoms with Crippen LogP contribution in [0.25, 0.3) is 11.1 Å². The summed E-state index contributed by atoms with van der Waals surface area (Å²) in [6, 6.07) is 6.34. The zero-order valence-electron chi connectivity index (χ0n) is 16.2. The maximum absolute atomic E-state index is 12.3. The normalized spacial score (nSPS) is 14.9. The van der Waals surface area contributed by atoms with Crippen LogP contribution in [0.3, 0.4) is 0 Å². The van der Waals surface area contributed by atoms with E-state index >= 15 is 0 Å². The quantitative estimate of drug-likeness (QED) is 0.845. The molecule has 0 radical (unpaired) electrons. The molecule has 3 rings (SSSR count). The first-order chi connectivity index (χ1) is 13.5. The number of benzene rings is 1. The number of fused-ring (bicyclic) bond motifs is 3. The van der Waals surface area contributed by atoms with Crippen LogP contribution >= 0.6 is 0 Å². The molecule has 0 unspecified atom stereocenters. The average molecular weight is 386 g/mol. The van der Waals surface area contributed by atoms with Gasteiger partial charge in [-0.1, -0.05) is 0 Å². The molecule has 0 amide bonds. The minimum absolute atomic E-state index is 0.0930. The van der Waals surface area contributed by atoms with Crippen molar-refractivity contribution in [3.05, 3.63) is 45.6 Å². The Kier molecular flexibility index (Phi) is 5.44. The Bertz CT molecular complexity index is 981. The largest absolute Gasteiger partial charge is 0.493 e. The Hall–Kier alpha value is -3.22. The predicted octanol–water partition coefficient (Wildman–Crippen LogP) is 2.86. The lowest BCUT2D eigenvalue weighted by atomic mass is 9.92. The number of carbonyl (C=O) groups is 1. The molecular weight excluding hydrogens is 364 g/mol. The van der Waals surface area contributed by atoms with Crippen LogP contribution in [0.1, 0.15) is 23.5 Å². The molecule has 0 bridgehead atoms. The summed E-state index contributed by atoms with van der Waals surface area (Å²) in [7, 11) is 5.94. The number of rotatable bonds is 5. The summed E-state index contributed by atoms with van der Waals surface area (Å²) in [5.74, 6) is -0.338. The number of ether oxygens (including phenoxy) is 4. The average Bonchev–Trinajstić information content (AvgIpc) is 2.94. The molecule has 0 aliphatic heterocycles. The number of carboxylic acids is 1. The third kappa shape index (κ3) is 3.13. The third-order valence-electron chi connectivity index (χ3n) is 5.02. The van der Waals surface area contributed by atoms with Crippen molar-refractivity contribution < 1.29 is 28.8 Å². The molecule has 0 spiro atoms. The molecule has 7 nitrogen and oxygen atoms in total. The fourth-order valence-corrected chi connectivity index (χ4v) is 3.71. The van der Waals surface area contributed by atoms with Gasteiger partial charge in [-0.2, -0.15) is 0 Å². The first-order valence-corrected chi connectivity index (χ1v) is 8.74. The molecule has 0 fully saturated rings. The van der Waals surface area contributed by atoms with E-state index in [1.807, 2.05) is 6.07 Å². The summed E-state index contributed by atoms with van der Waals surface area (Å²) in [6.07, 6.45) is 0.850. The molecule has 1 N–H and O–H groups in total. The maximum Gasteiger partial charge on any atom is 0.311 e. The Balaban J connectivity index is 2.47. The number of carboxylic acid groups (broad SMARTS) is 1. The molecular formula is C21H22O7. The number of aliphatic carboxylic acids is 1. The third-order valence-corrected chi connectivity index (χ3v) is 5.02.